The first-order valence-electron chi connectivity index (χ1n) is 5.12. The van der Waals surface area contributed by atoms with Gasteiger partial charge in [0.25, 0.3) is 0 Å². The Hall–Kier alpha value is -1.82. The number of hydrogen-bond donors (Lipinski definition) is 1. The van der Waals surface area contributed by atoms with Gasteiger partial charge in [0.05, 0.1) is 10.6 Å². The van der Waals surface area contributed by atoms with E-state index in [4.69, 9.17) is 11.6 Å². The van der Waals surface area contributed by atoms with Gasteiger partial charge >= 0.3 is 6.18 Å². The van der Waals surface area contributed by atoms with E-state index in [1.807, 2.05) is 0 Å². The second-order valence-corrected chi connectivity index (χ2v) is 4.06. The van der Waals surface area contributed by atoms with Gasteiger partial charge in [0.15, 0.2) is 0 Å². The maximum atomic E-state index is 13.0. The summed E-state index contributed by atoms with van der Waals surface area (Å²) in [6, 6.07) is 5.61. The Bertz CT molecular complexity index is 599. The minimum absolute atomic E-state index is 0.186. The molecule has 0 fully saturated rings. The topological polar surface area (TPSA) is 24.9 Å². The van der Waals surface area contributed by atoms with Crippen molar-refractivity contribution in [2.24, 2.45) is 0 Å². The highest BCUT2D eigenvalue weighted by molar-refractivity contribution is 6.31. The monoisotopic (exact) mass is 290 g/mol. The smallest absolute Gasteiger partial charge is 0.340 e. The number of anilines is 2. The third kappa shape index (κ3) is 3.14. The summed E-state index contributed by atoms with van der Waals surface area (Å²) in [5.41, 5.74) is -0.689. The summed E-state index contributed by atoms with van der Waals surface area (Å²) < 4.78 is 51.1. The zero-order valence-corrected chi connectivity index (χ0v) is 10.1. The first-order valence-corrected chi connectivity index (χ1v) is 5.50. The lowest BCUT2D eigenvalue weighted by molar-refractivity contribution is -0.137. The van der Waals surface area contributed by atoms with E-state index in [9.17, 15) is 17.6 Å². The Morgan fingerprint density at radius 1 is 1.16 bits per heavy atom. The Labute approximate surface area is 111 Å². The molecule has 1 heterocycles. The Kier molecular flexibility index (Phi) is 3.61. The average molecular weight is 291 g/mol. The number of halogens is 5. The zero-order chi connectivity index (χ0) is 14.0. The summed E-state index contributed by atoms with van der Waals surface area (Å²) in [7, 11) is 0. The molecule has 0 bridgehead atoms. The van der Waals surface area contributed by atoms with Crippen LogP contribution in [0.4, 0.5) is 29.1 Å². The van der Waals surface area contributed by atoms with Crippen LogP contribution >= 0.6 is 11.6 Å². The van der Waals surface area contributed by atoms with Crippen molar-refractivity contribution in [1.82, 2.24) is 4.98 Å². The summed E-state index contributed by atoms with van der Waals surface area (Å²) in [4.78, 5) is 3.62. The third-order valence-corrected chi connectivity index (χ3v) is 2.59. The molecule has 0 unspecified atom stereocenters. The zero-order valence-electron chi connectivity index (χ0n) is 9.30. The Morgan fingerprint density at radius 2 is 1.89 bits per heavy atom. The van der Waals surface area contributed by atoms with Crippen LogP contribution in [0.25, 0.3) is 0 Å². The maximum absolute atomic E-state index is 13.0. The van der Waals surface area contributed by atoms with E-state index < -0.39 is 17.6 Å². The van der Waals surface area contributed by atoms with E-state index in [0.717, 1.165) is 12.1 Å². The van der Waals surface area contributed by atoms with Crippen LogP contribution in [-0.4, -0.2) is 4.98 Å². The minimum Gasteiger partial charge on any atom is -0.340 e. The van der Waals surface area contributed by atoms with Gasteiger partial charge in [-0.2, -0.15) is 13.2 Å². The lowest BCUT2D eigenvalue weighted by Gasteiger charge is -2.13. The lowest BCUT2D eigenvalue weighted by Crippen LogP contribution is -2.10. The van der Waals surface area contributed by atoms with Crippen LogP contribution in [0, 0.1) is 5.82 Å². The molecule has 0 saturated carbocycles. The van der Waals surface area contributed by atoms with Crippen molar-refractivity contribution in [3.05, 3.63) is 52.9 Å². The molecule has 0 saturated heterocycles. The summed E-state index contributed by atoms with van der Waals surface area (Å²) in [5, 5.41) is 2.28. The molecule has 19 heavy (non-hydrogen) atoms. The molecule has 0 aliphatic rings. The second-order valence-electron chi connectivity index (χ2n) is 3.65. The van der Waals surface area contributed by atoms with Crippen LogP contribution in [0.2, 0.25) is 5.02 Å². The molecule has 7 heteroatoms. The number of pyridine rings is 1. The van der Waals surface area contributed by atoms with Gasteiger partial charge in [-0.05, 0) is 30.3 Å². The first-order chi connectivity index (χ1) is 8.88. The molecule has 0 spiro atoms. The molecule has 100 valence electrons. The minimum atomic E-state index is -4.53. The van der Waals surface area contributed by atoms with Gasteiger partial charge in [-0.15, -0.1) is 0 Å². The van der Waals surface area contributed by atoms with Gasteiger partial charge in [-0.1, -0.05) is 11.6 Å². The highest BCUT2D eigenvalue weighted by Crippen LogP contribution is 2.34. The molecule has 1 aromatic heterocycles. The van der Waals surface area contributed by atoms with Gasteiger partial charge in [0, 0.05) is 11.9 Å². The molecule has 0 aliphatic heterocycles. The molecular formula is C12H7ClF4N2. The van der Waals surface area contributed by atoms with Crippen LogP contribution in [0.1, 0.15) is 5.56 Å². The van der Waals surface area contributed by atoms with Crippen LogP contribution in [0.15, 0.2) is 36.5 Å². The van der Waals surface area contributed by atoms with Crippen molar-refractivity contribution in [3.63, 3.8) is 0 Å². The number of nitrogens with one attached hydrogen (secondary N) is 1. The molecule has 1 aromatic carbocycles. The number of nitrogens with zero attached hydrogens (tertiary/aromatic N) is 1. The molecule has 0 radical (unpaired) electrons. The fourth-order valence-corrected chi connectivity index (χ4v) is 1.62. The Morgan fingerprint density at radius 3 is 2.53 bits per heavy atom. The highest BCUT2D eigenvalue weighted by atomic mass is 35.5. The number of benzene rings is 1. The van der Waals surface area contributed by atoms with Crippen LogP contribution in [0.3, 0.4) is 0 Å². The van der Waals surface area contributed by atoms with Crippen molar-refractivity contribution in [1.29, 1.82) is 0 Å². The largest absolute Gasteiger partial charge is 0.419 e. The van der Waals surface area contributed by atoms with E-state index in [1.54, 1.807) is 0 Å². The molecule has 2 rings (SSSR count). The molecule has 0 amide bonds. The summed E-state index contributed by atoms with van der Waals surface area (Å²) in [5.74, 6) is -1.01. The normalized spacial score (nSPS) is 11.4. The van der Waals surface area contributed by atoms with Crippen molar-refractivity contribution >= 4 is 23.1 Å². The van der Waals surface area contributed by atoms with E-state index in [-0.39, 0.29) is 16.5 Å². The number of rotatable bonds is 2. The van der Waals surface area contributed by atoms with Gasteiger partial charge in [0.1, 0.15) is 11.6 Å². The van der Waals surface area contributed by atoms with Crippen molar-refractivity contribution in [3.8, 4) is 0 Å². The fraction of sp³-hybridized carbons (Fsp3) is 0.0833. The van der Waals surface area contributed by atoms with Crippen molar-refractivity contribution in [2.45, 2.75) is 6.18 Å². The predicted molar refractivity (Wildman–Crippen MR) is 63.9 cm³/mol. The van der Waals surface area contributed by atoms with E-state index >= 15 is 0 Å². The van der Waals surface area contributed by atoms with Gasteiger partial charge in [0.2, 0.25) is 0 Å². The van der Waals surface area contributed by atoms with Crippen molar-refractivity contribution in [2.75, 3.05) is 5.32 Å². The SMILES string of the molecule is Fc1ccc(Nc2ncccc2C(F)(F)F)cc1Cl. The maximum Gasteiger partial charge on any atom is 0.419 e. The second kappa shape index (κ2) is 5.05. The molecule has 0 atom stereocenters. The summed E-state index contributed by atoms with van der Waals surface area (Å²) in [6.07, 6.45) is -3.30. The standard InChI is InChI=1S/C12H7ClF4N2/c13-9-6-7(3-4-10(9)14)19-11-8(12(15,16)17)2-1-5-18-11/h1-6H,(H,18,19). The lowest BCUT2D eigenvalue weighted by atomic mass is 10.2. The van der Waals surface area contributed by atoms with E-state index in [1.165, 1.54) is 24.4 Å². The highest BCUT2D eigenvalue weighted by Gasteiger charge is 2.34. The van der Waals surface area contributed by atoms with Crippen LogP contribution < -0.4 is 5.32 Å². The quantitative estimate of drug-likeness (QED) is 0.815. The summed E-state index contributed by atoms with van der Waals surface area (Å²) >= 11 is 5.55. The number of alkyl halides is 3. The van der Waals surface area contributed by atoms with Crippen LogP contribution in [-0.2, 0) is 6.18 Å². The molecule has 2 aromatic rings. The first kappa shape index (κ1) is 13.6. The summed E-state index contributed by atoms with van der Waals surface area (Å²) in [6.45, 7) is 0. The molecule has 2 nitrogen and oxygen atoms in total. The molecule has 0 aliphatic carbocycles. The van der Waals surface area contributed by atoms with E-state index in [0.29, 0.717) is 0 Å². The molecule has 1 N–H and O–H groups in total. The average Bonchev–Trinajstić information content (AvgIpc) is 2.33. The number of aromatic nitrogens is 1. The fourth-order valence-electron chi connectivity index (χ4n) is 1.44. The van der Waals surface area contributed by atoms with Gasteiger partial charge in [-0.3, -0.25) is 0 Å². The van der Waals surface area contributed by atoms with Crippen LogP contribution in [0.5, 0.6) is 0 Å². The predicted octanol–water partition coefficient (Wildman–Crippen LogP) is 4.64. The van der Waals surface area contributed by atoms with Crippen molar-refractivity contribution < 1.29 is 17.6 Å². The van der Waals surface area contributed by atoms with E-state index in [2.05, 4.69) is 10.3 Å². The van der Waals surface area contributed by atoms with Gasteiger partial charge < -0.3 is 5.32 Å². The Balaban J connectivity index is 2.36. The van der Waals surface area contributed by atoms with Gasteiger partial charge in [-0.25, -0.2) is 9.37 Å². The third-order valence-electron chi connectivity index (χ3n) is 2.30. The number of hydrogen-bond acceptors (Lipinski definition) is 2. The molecular weight excluding hydrogens is 284 g/mol.